The minimum absolute atomic E-state index is 0.0441. The maximum absolute atomic E-state index is 11.0. The molecule has 0 saturated heterocycles. The Bertz CT molecular complexity index is 523. The highest BCUT2D eigenvalue weighted by Crippen LogP contribution is 2.29. The SMILES string of the molecule is Cc1cccc(C)c1-c1ocnc1C(=O)O. The number of hydrogen-bond donors (Lipinski definition) is 1. The average Bonchev–Trinajstić information content (AvgIpc) is 2.66. The van der Waals surface area contributed by atoms with E-state index in [0.29, 0.717) is 5.76 Å². The zero-order valence-electron chi connectivity index (χ0n) is 9.02. The fourth-order valence-corrected chi connectivity index (χ4v) is 1.75. The molecule has 0 bridgehead atoms. The molecule has 82 valence electrons. The van der Waals surface area contributed by atoms with Gasteiger partial charge >= 0.3 is 5.97 Å². The molecule has 0 unspecified atom stereocenters. The Morgan fingerprint density at radius 3 is 2.50 bits per heavy atom. The van der Waals surface area contributed by atoms with E-state index in [1.54, 1.807) is 0 Å². The van der Waals surface area contributed by atoms with Crippen molar-refractivity contribution in [3.8, 4) is 11.3 Å². The van der Waals surface area contributed by atoms with Crippen LogP contribution in [0.1, 0.15) is 21.6 Å². The average molecular weight is 217 g/mol. The fraction of sp³-hybridized carbons (Fsp3) is 0.167. The van der Waals surface area contributed by atoms with Crippen LogP contribution in [0.15, 0.2) is 29.0 Å². The molecule has 1 N–H and O–H groups in total. The standard InChI is InChI=1S/C12H11NO3/c1-7-4-3-5-8(2)9(7)11-10(12(14)15)13-6-16-11/h3-6H,1-2H3,(H,14,15). The number of nitrogens with zero attached hydrogens (tertiary/aromatic N) is 1. The number of rotatable bonds is 2. The van der Waals surface area contributed by atoms with E-state index < -0.39 is 5.97 Å². The van der Waals surface area contributed by atoms with Crippen LogP contribution in [0.2, 0.25) is 0 Å². The van der Waals surface area contributed by atoms with Crippen molar-refractivity contribution in [3.05, 3.63) is 41.4 Å². The summed E-state index contributed by atoms with van der Waals surface area (Å²) in [4.78, 5) is 14.7. The highest BCUT2D eigenvalue weighted by atomic mass is 16.4. The van der Waals surface area contributed by atoms with Crippen molar-refractivity contribution in [2.75, 3.05) is 0 Å². The van der Waals surface area contributed by atoms with Crippen LogP contribution in [0.4, 0.5) is 0 Å². The van der Waals surface area contributed by atoms with E-state index in [0.717, 1.165) is 23.1 Å². The fourth-order valence-electron chi connectivity index (χ4n) is 1.75. The predicted molar refractivity (Wildman–Crippen MR) is 58.4 cm³/mol. The lowest BCUT2D eigenvalue weighted by atomic mass is 10.00. The van der Waals surface area contributed by atoms with Gasteiger partial charge in [-0.3, -0.25) is 0 Å². The smallest absolute Gasteiger partial charge is 0.358 e. The third-order valence-corrected chi connectivity index (χ3v) is 2.48. The van der Waals surface area contributed by atoms with E-state index in [2.05, 4.69) is 4.98 Å². The van der Waals surface area contributed by atoms with Crippen LogP contribution in [0.5, 0.6) is 0 Å². The molecular weight excluding hydrogens is 206 g/mol. The van der Waals surface area contributed by atoms with E-state index in [1.165, 1.54) is 0 Å². The van der Waals surface area contributed by atoms with Crippen molar-refractivity contribution in [3.63, 3.8) is 0 Å². The molecule has 2 rings (SSSR count). The van der Waals surface area contributed by atoms with Gasteiger partial charge in [0.15, 0.2) is 17.8 Å². The molecular formula is C12H11NO3. The van der Waals surface area contributed by atoms with Gasteiger partial charge in [0.1, 0.15) is 0 Å². The molecule has 0 aliphatic heterocycles. The number of benzene rings is 1. The van der Waals surface area contributed by atoms with Crippen molar-refractivity contribution in [1.82, 2.24) is 4.98 Å². The Kier molecular flexibility index (Phi) is 2.48. The van der Waals surface area contributed by atoms with Crippen molar-refractivity contribution in [2.45, 2.75) is 13.8 Å². The summed E-state index contributed by atoms with van der Waals surface area (Å²) < 4.78 is 5.18. The van der Waals surface area contributed by atoms with Gasteiger partial charge in [-0.1, -0.05) is 18.2 Å². The summed E-state index contributed by atoms with van der Waals surface area (Å²) in [5.74, 6) is -0.755. The monoisotopic (exact) mass is 217 g/mol. The van der Waals surface area contributed by atoms with Crippen LogP contribution in [-0.2, 0) is 0 Å². The number of aryl methyl sites for hydroxylation is 2. The Labute approximate surface area is 92.6 Å². The van der Waals surface area contributed by atoms with Crippen molar-refractivity contribution in [2.24, 2.45) is 0 Å². The van der Waals surface area contributed by atoms with Gasteiger partial charge < -0.3 is 9.52 Å². The lowest BCUT2D eigenvalue weighted by Crippen LogP contribution is -2.00. The first-order chi connectivity index (χ1) is 7.61. The second kappa shape index (κ2) is 3.81. The molecule has 16 heavy (non-hydrogen) atoms. The number of aromatic carboxylic acids is 1. The highest BCUT2D eigenvalue weighted by Gasteiger charge is 2.19. The largest absolute Gasteiger partial charge is 0.476 e. The van der Waals surface area contributed by atoms with E-state index in [9.17, 15) is 4.79 Å². The number of carbonyl (C=O) groups is 1. The molecule has 1 heterocycles. The summed E-state index contributed by atoms with van der Waals surface area (Å²) in [6, 6.07) is 5.75. The summed E-state index contributed by atoms with van der Waals surface area (Å²) in [5.41, 5.74) is 2.70. The molecule has 0 fully saturated rings. The molecule has 0 amide bonds. The van der Waals surface area contributed by atoms with Crippen LogP contribution in [0.3, 0.4) is 0 Å². The van der Waals surface area contributed by atoms with Gasteiger partial charge in [-0.25, -0.2) is 9.78 Å². The summed E-state index contributed by atoms with van der Waals surface area (Å²) in [6.45, 7) is 3.83. The molecule has 0 saturated carbocycles. The molecule has 1 aromatic carbocycles. The molecule has 0 atom stereocenters. The molecule has 2 aromatic rings. The maximum Gasteiger partial charge on any atom is 0.358 e. The third kappa shape index (κ3) is 1.58. The summed E-state index contributed by atoms with van der Waals surface area (Å²) >= 11 is 0. The molecule has 0 aliphatic carbocycles. The van der Waals surface area contributed by atoms with Gasteiger partial charge in [-0.05, 0) is 25.0 Å². The molecule has 0 spiro atoms. The number of oxazole rings is 1. The first-order valence-corrected chi connectivity index (χ1v) is 4.84. The Hall–Kier alpha value is -2.10. The Morgan fingerprint density at radius 2 is 1.94 bits per heavy atom. The van der Waals surface area contributed by atoms with E-state index in [4.69, 9.17) is 9.52 Å². The van der Waals surface area contributed by atoms with E-state index in [-0.39, 0.29) is 5.69 Å². The quantitative estimate of drug-likeness (QED) is 0.839. The predicted octanol–water partition coefficient (Wildman–Crippen LogP) is 2.66. The van der Waals surface area contributed by atoms with Gasteiger partial charge in [0, 0.05) is 5.56 Å². The first-order valence-electron chi connectivity index (χ1n) is 4.84. The van der Waals surface area contributed by atoms with Crippen LogP contribution in [0.25, 0.3) is 11.3 Å². The van der Waals surface area contributed by atoms with Gasteiger partial charge in [0.2, 0.25) is 0 Å². The minimum atomic E-state index is -1.08. The number of hydrogen-bond acceptors (Lipinski definition) is 3. The lowest BCUT2D eigenvalue weighted by Gasteiger charge is -2.06. The topological polar surface area (TPSA) is 63.3 Å². The molecule has 4 heteroatoms. The van der Waals surface area contributed by atoms with Crippen molar-refractivity contribution < 1.29 is 14.3 Å². The normalized spacial score (nSPS) is 10.4. The van der Waals surface area contributed by atoms with E-state index >= 15 is 0 Å². The third-order valence-electron chi connectivity index (χ3n) is 2.48. The number of carboxylic acids is 1. The molecule has 1 aromatic heterocycles. The van der Waals surface area contributed by atoms with Crippen molar-refractivity contribution in [1.29, 1.82) is 0 Å². The van der Waals surface area contributed by atoms with Gasteiger partial charge in [0.25, 0.3) is 0 Å². The minimum Gasteiger partial charge on any atom is -0.476 e. The summed E-state index contributed by atoms with van der Waals surface area (Å²) in [5, 5.41) is 8.98. The van der Waals surface area contributed by atoms with Crippen LogP contribution < -0.4 is 0 Å². The Balaban J connectivity index is 2.68. The second-order valence-electron chi connectivity index (χ2n) is 3.60. The highest BCUT2D eigenvalue weighted by molar-refractivity contribution is 5.93. The Morgan fingerprint density at radius 1 is 1.31 bits per heavy atom. The van der Waals surface area contributed by atoms with Gasteiger partial charge in [-0.15, -0.1) is 0 Å². The lowest BCUT2D eigenvalue weighted by molar-refractivity contribution is 0.0691. The van der Waals surface area contributed by atoms with Gasteiger partial charge in [-0.2, -0.15) is 0 Å². The number of carboxylic acid groups (broad SMARTS) is 1. The van der Waals surface area contributed by atoms with E-state index in [1.807, 2.05) is 32.0 Å². The molecule has 0 radical (unpaired) electrons. The van der Waals surface area contributed by atoms with Gasteiger partial charge in [0.05, 0.1) is 0 Å². The summed E-state index contributed by atoms with van der Waals surface area (Å²) in [7, 11) is 0. The van der Waals surface area contributed by atoms with Crippen LogP contribution in [0, 0.1) is 13.8 Å². The summed E-state index contributed by atoms with van der Waals surface area (Å²) in [6.07, 6.45) is 1.16. The first kappa shape index (κ1) is 10.4. The molecule has 4 nitrogen and oxygen atoms in total. The van der Waals surface area contributed by atoms with Crippen molar-refractivity contribution >= 4 is 5.97 Å². The second-order valence-corrected chi connectivity index (χ2v) is 3.60. The van der Waals surface area contributed by atoms with Crippen LogP contribution in [-0.4, -0.2) is 16.1 Å². The number of aromatic nitrogens is 1. The zero-order chi connectivity index (χ0) is 11.7. The molecule has 0 aliphatic rings. The maximum atomic E-state index is 11.0. The van der Waals surface area contributed by atoms with Crippen LogP contribution >= 0.6 is 0 Å². The zero-order valence-corrected chi connectivity index (χ0v) is 9.02.